The first-order valence-electron chi connectivity index (χ1n) is 8.16. The van der Waals surface area contributed by atoms with Crippen molar-refractivity contribution in [3.8, 4) is 5.69 Å². The minimum Gasteiger partial charge on any atom is -0.481 e. The number of benzene rings is 1. The van der Waals surface area contributed by atoms with Crippen molar-refractivity contribution in [3.05, 3.63) is 47.5 Å². The third-order valence-electron chi connectivity index (χ3n) is 4.62. The Morgan fingerprint density at radius 1 is 1.28 bits per heavy atom. The second-order valence-electron chi connectivity index (χ2n) is 6.05. The van der Waals surface area contributed by atoms with Crippen LogP contribution in [-0.4, -0.2) is 33.3 Å². The van der Waals surface area contributed by atoms with Gasteiger partial charge in [-0.25, -0.2) is 9.07 Å². The van der Waals surface area contributed by atoms with E-state index >= 15 is 0 Å². The van der Waals surface area contributed by atoms with E-state index < -0.39 is 17.3 Å². The number of carbonyl (C=O) groups excluding carboxylic acids is 1. The number of aryl methyl sites for hydroxylation is 1. The molecule has 2 N–H and O–H groups in total. The fraction of sp³-hybridized carbons (Fsp3) is 0.389. The maximum Gasteiger partial charge on any atom is 0.311 e. The van der Waals surface area contributed by atoms with Crippen LogP contribution in [0.15, 0.2) is 30.5 Å². The van der Waals surface area contributed by atoms with Crippen molar-refractivity contribution in [1.82, 2.24) is 15.1 Å². The highest BCUT2D eigenvalue weighted by Gasteiger charge is 2.35. The SMILES string of the molecule is CCC(CC)(CNC(=O)c1ccn(-c2ccc(F)cc2C)n1)C(=O)O. The van der Waals surface area contributed by atoms with Crippen molar-refractivity contribution in [2.24, 2.45) is 5.41 Å². The zero-order valence-corrected chi connectivity index (χ0v) is 14.5. The van der Waals surface area contributed by atoms with Crippen LogP contribution in [0.25, 0.3) is 5.69 Å². The molecule has 0 fully saturated rings. The molecule has 6 nitrogen and oxygen atoms in total. The number of amides is 1. The van der Waals surface area contributed by atoms with Gasteiger partial charge in [-0.15, -0.1) is 0 Å². The normalized spacial score (nSPS) is 11.4. The molecule has 7 heteroatoms. The number of carbonyl (C=O) groups is 2. The van der Waals surface area contributed by atoms with Crippen molar-refractivity contribution in [2.45, 2.75) is 33.6 Å². The molecule has 25 heavy (non-hydrogen) atoms. The van der Waals surface area contributed by atoms with Crippen LogP contribution in [0.1, 0.15) is 42.7 Å². The summed E-state index contributed by atoms with van der Waals surface area (Å²) in [7, 11) is 0. The summed E-state index contributed by atoms with van der Waals surface area (Å²) < 4.78 is 14.7. The molecular weight excluding hydrogens is 325 g/mol. The van der Waals surface area contributed by atoms with E-state index in [-0.39, 0.29) is 18.1 Å². The Morgan fingerprint density at radius 3 is 2.52 bits per heavy atom. The highest BCUT2D eigenvalue weighted by atomic mass is 19.1. The Hall–Kier alpha value is -2.70. The molecule has 0 unspecified atom stereocenters. The molecule has 1 aromatic heterocycles. The molecule has 0 radical (unpaired) electrons. The Labute approximate surface area is 145 Å². The zero-order chi connectivity index (χ0) is 18.6. The van der Waals surface area contributed by atoms with E-state index in [1.54, 1.807) is 39.1 Å². The van der Waals surface area contributed by atoms with E-state index in [9.17, 15) is 19.1 Å². The summed E-state index contributed by atoms with van der Waals surface area (Å²) in [5.74, 6) is -1.70. The highest BCUT2D eigenvalue weighted by molar-refractivity contribution is 5.92. The summed E-state index contributed by atoms with van der Waals surface area (Å²) in [5, 5.41) is 16.3. The fourth-order valence-electron chi connectivity index (χ4n) is 2.67. The third kappa shape index (κ3) is 3.87. The molecule has 0 saturated carbocycles. The molecule has 2 rings (SSSR count). The van der Waals surface area contributed by atoms with Crippen LogP contribution >= 0.6 is 0 Å². The van der Waals surface area contributed by atoms with E-state index in [2.05, 4.69) is 10.4 Å². The van der Waals surface area contributed by atoms with Crippen molar-refractivity contribution < 1.29 is 19.1 Å². The van der Waals surface area contributed by atoms with E-state index in [0.29, 0.717) is 24.1 Å². The van der Waals surface area contributed by atoms with E-state index in [1.807, 2.05) is 0 Å². The lowest BCUT2D eigenvalue weighted by molar-refractivity contribution is -0.149. The van der Waals surface area contributed by atoms with E-state index in [0.717, 1.165) is 0 Å². The first-order chi connectivity index (χ1) is 11.8. The summed E-state index contributed by atoms with van der Waals surface area (Å²) in [6.07, 6.45) is 2.45. The van der Waals surface area contributed by atoms with Gasteiger partial charge in [-0.1, -0.05) is 13.8 Å². The lowest BCUT2D eigenvalue weighted by Gasteiger charge is -2.26. The van der Waals surface area contributed by atoms with Gasteiger partial charge < -0.3 is 10.4 Å². The van der Waals surface area contributed by atoms with Crippen molar-refractivity contribution in [1.29, 1.82) is 0 Å². The lowest BCUT2D eigenvalue weighted by Crippen LogP contribution is -2.42. The van der Waals surface area contributed by atoms with Gasteiger partial charge in [-0.3, -0.25) is 9.59 Å². The van der Waals surface area contributed by atoms with Crippen LogP contribution in [0.4, 0.5) is 4.39 Å². The molecular formula is C18H22FN3O3. The van der Waals surface area contributed by atoms with Gasteiger partial charge in [0.25, 0.3) is 5.91 Å². The maximum absolute atomic E-state index is 13.2. The Kier molecular flexibility index (Phi) is 5.56. The second-order valence-corrected chi connectivity index (χ2v) is 6.05. The van der Waals surface area contributed by atoms with Gasteiger partial charge in [0, 0.05) is 12.7 Å². The summed E-state index contributed by atoms with van der Waals surface area (Å²) in [4.78, 5) is 23.8. The van der Waals surface area contributed by atoms with Gasteiger partial charge in [-0.05, 0) is 49.6 Å². The topological polar surface area (TPSA) is 84.2 Å². The van der Waals surface area contributed by atoms with Crippen LogP contribution in [0, 0.1) is 18.2 Å². The molecule has 1 amide bonds. The molecule has 134 valence electrons. The first-order valence-corrected chi connectivity index (χ1v) is 8.16. The quantitative estimate of drug-likeness (QED) is 0.806. The number of hydrogen-bond acceptors (Lipinski definition) is 3. The summed E-state index contributed by atoms with van der Waals surface area (Å²) in [6.45, 7) is 5.37. The molecule has 0 spiro atoms. The molecule has 0 atom stereocenters. The Bertz CT molecular complexity index is 782. The number of carboxylic acids is 1. The average molecular weight is 347 g/mol. The molecule has 0 saturated heterocycles. The van der Waals surface area contributed by atoms with E-state index in [1.165, 1.54) is 16.8 Å². The summed E-state index contributed by atoms with van der Waals surface area (Å²) in [5.41, 5.74) is 0.556. The fourth-order valence-corrected chi connectivity index (χ4v) is 2.67. The largest absolute Gasteiger partial charge is 0.481 e. The number of carboxylic acid groups (broad SMARTS) is 1. The van der Waals surface area contributed by atoms with Crippen LogP contribution < -0.4 is 5.32 Å². The predicted octanol–water partition coefficient (Wildman–Crippen LogP) is 2.94. The molecule has 0 aliphatic heterocycles. The van der Waals surface area contributed by atoms with Crippen LogP contribution in [-0.2, 0) is 4.79 Å². The monoisotopic (exact) mass is 347 g/mol. The third-order valence-corrected chi connectivity index (χ3v) is 4.62. The van der Waals surface area contributed by atoms with Gasteiger partial charge in [0.15, 0.2) is 5.69 Å². The Morgan fingerprint density at radius 2 is 1.96 bits per heavy atom. The van der Waals surface area contributed by atoms with Crippen LogP contribution in [0.5, 0.6) is 0 Å². The predicted molar refractivity (Wildman–Crippen MR) is 91.2 cm³/mol. The Balaban J connectivity index is 2.14. The number of rotatable bonds is 7. The molecule has 0 aliphatic rings. The minimum atomic E-state index is -0.980. The van der Waals surface area contributed by atoms with Gasteiger partial charge in [0.05, 0.1) is 11.1 Å². The number of aliphatic carboxylic acids is 1. The minimum absolute atomic E-state index is 0.0383. The number of halogens is 1. The molecule has 0 bridgehead atoms. The van der Waals surface area contributed by atoms with Crippen molar-refractivity contribution in [2.75, 3.05) is 6.54 Å². The maximum atomic E-state index is 13.2. The zero-order valence-electron chi connectivity index (χ0n) is 14.5. The molecule has 2 aromatic rings. The lowest BCUT2D eigenvalue weighted by atomic mass is 9.82. The van der Waals surface area contributed by atoms with Crippen LogP contribution in [0.2, 0.25) is 0 Å². The second kappa shape index (κ2) is 7.46. The highest BCUT2D eigenvalue weighted by Crippen LogP contribution is 2.25. The van der Waals surface area contributed by atoms with Crippen molar-refractivity contribution in [3.63, 3.8) is 0 Å². The smallest absolute Gasteiger partial charge is 0.311 e. The molecule has 1 heterocycles. The van der Waals surface area contributed by atoms with E-state index in [4.69, 9.17) is 0 Å². The number of aromatic nitrogens is 2. The first kappa shape index (κ1) is 18.6. The molecule has 0 aliphatic carbocycles. The molecule has 1 aromatic carbocycles. The van der Waals surface area contributed by atoms with Crippen molar-refractivity contribution >= 4 is 11.9 Å². The summed E-state index contributed by atoms with van der Waals surface area (Å²) in [6, 6.07) is 5.84. The van der Waals surface area contributed by atoms with Gasteiger partial charge in [-0.2, -0.15) is 5.10 Å². The van der Waals surface area contributed by atoms with Gasteiger partial charge in [0.2, 0.25) is 0 Å². The van der Waals surface area contributed by atoms with Crippen LogP contribution in [0.3, 0.4) is 0 Å². The average Bonchev–Trinajstić information content (AvgIpc) is 3.05. The number of nitrogens with one attached hydrogen (secondary N) is 1. The standard InChI is InChI=1S/C18H22FN3O3/c1-4-18(5-2,17(24)25)11-20-16(23)14-8-9-22(21-14)15-7-6-13(19)10-12(15)3/h6-10H,4-5,11H2,1-3H3,(H,20,23)(H,24,25). The number of nitrogens with zero attached hydrogens (tertiary/aromatic N) is 2. The van der Waals surface area contributed by atoms with Gasteiger partial charge in [0.1, 0.15) is 5.82 Å². The number of hydrogen-bond donors (Lipinski definition) is 2. The van der Waals surface area contributed by atoms with Gasteiger partial charge >= 0.3 is 5.97 Å². The summed E-state index contributed by atoms with van der Waals surface area (Å²) >= 11 is 0.